The van der Waals surface area contributed by atoms with E-state index in [9.17, 15) is 9.59 Å². The number of hydrogen-bond donors (Lipinski definition) is 0. The van der Waals surface area contributed by atoms with Crippen LogP contribution in [-0.2, 0) is 16.1 Å². The number of carbonyl (C=O) groups excluding carboxylic acids is 2. The summed E-state index contributed by atoms with van der Waals surface area (Å²) in [5.74, 6) is 0.173. The van der Waals surface area contributed by atoms with Crippen molar-refractivity contribution in [1.29, 1.82) is 5.26 Å². The molecule has 0 spiro atoms. The number of ether oxygens (including phenoxy) is 2. The number of amides is 1. The Morgan fingerprint density at radius 3 is 2.75 bits per heavy atom. The third-order valence-electron chi connectivity index (χ3n) is 4.20. The quantitative estimate of drug-likeness (QED) is 0.643. The molecule has 0 saturated heterocycles. The molecule has 28 heavy (non-hydrogen) atoms. The van der Waals surface area contributed by atoms with Gasteiger partial charge in [-0.15, -0.1) is 0 Å². The summed E-state index contributed by atoms with van der Waals surface area (Å²) in [6.07, 6.45) is -0.740. The Bertz CT molecular complexity index is 865. The lowest BCUT2D eigenvalue weighted by Gasteiger charge is -2.20. The van der Waals surface area contributed by atoms with Gasteiger partial charge in [-0.3, -0.25) is 4.79 Å². The Labute approximate surface area is 163 Å². The van der Waals surface area contributed by atoms with Crippen LogP contribution in [0.4, 0.5) is 0 Å². The standard InChI is InChI=1S/C20H23N3O5/c1-13-18(14(2)28-22-13)12-26-17-8-5-7-16(11-17)20(25)27-15(3)19(24)23(4)10-6-9-21/h5,7-8,11,15H,6,10,12H2,1-4H3/t15-/m1/s1. The van der Waals surface area contributed by atoms with Gasteiger partial charge in [0, 0.05) is 13.6 Å². The zero-order chi connectivity index (χ0) is 20.7. The molecule has 0 unspecified atom stereocenters. The zero-order valence-corrected chi connectivity index (χ0v) is 16.4. The van der Waals surface area contributed by atoms with Crippen LogP contribution < -0.4 is 4.74 Å². The van der Waals surface area contributed by atoms with E-state index in [-0.39, 0.29) is 31.0 Å². The minimum absolute atomic E-state index is 0.216. The molecule has 0 radical (unpaired) electrons. The van der Waals surface area contributed by atoms with E-state index >= 15 is 0 Å². The molecule has 0 bridgehead atoms. The van der Waals surface area contributed by atoms with Crippen molar-refractivity contribution in [2.24, 2.45) is 0 Å². The Morgan fingerprint density at radius 1 is 1.36 bits per heavy atom. The van der Waals surface area contributed by atoms with Crippen molar-refractivity contribution in [1.82, 2.24) is 10.1 Å². The molecule has 1 atom stereocenters. The van der Waals surface area contributed by atoms with Crippen LogP contribution in [0.3, 0.4) is 0 Å². The van der Waals surface area contributed by atoms with Crippen LogP contribution in [0.5, 0.6) is 5.75 Å². The lowest BCUT2D eigenvalue weighted by Crippen LogP contribution is -2.37. The molecule has 1 aromatic carbocycles. The molecule has 1 heterocycles. The van der Waals surface area contributed by atoms with Crippen LogP contribution in [0.1, 0.15) is 40.7 Å². The summed E-state index contributed by atoms with van der Waals surface area (Å²) in [5, 5.41) is 12.5. The van der Waals surface area contributed by atoms with E-state index in [0.29, 0.717) is 11.5 Å². The molecule has 1 aromatic heterocycles. The fourth-order valence-electron chi connectivity index (χ4n) is 2.49. The molecule has 8 heteroatoms. The molecule has 8 nitrogen and oxygen atoms in total. The maximum Gasteiger partial charge on any atom is 0.339 e. The lowest BCUT2D eigenvalue weighted by molar-refractivity contribution is -0.138. The second kappa shape index (κ2) is 9.55. The number of hydrogen-bond acceptors (Lipinski definition) is 7. The smallest absolute Gasteiger partial charge is 0.339 e. The minimum Gasteiger partial charge on any atom is -0.489 e. The van der Waals surface area contributed by atoms with E-state index in [1.165, 1.54) is 11.8 Å². The maximum absolute atomic E-state index is 12.4. The fourth-order valence-corrected chi connectivity index (χ4v) is 2.49. The van der Waals surface area contributed by atoms with Crippen molar-refractivity contribution in [2.45, 2.75) is 39.9 Å². The zero-order valence-electron chi connectivity index (χ0n) is 16.4. The second-order valence-electron chi connectivity index (χ2n) is 6.33. The van der Waals surface area contributed by atoms with Gasteiger partial charge in [-0.25, -0.2) is 4.79 Å². The first-order chi connectivity index (χ1) is 13.3. The number of aryl methyl sites for hydroxylation is 2. The van der Waals surface area contributed by atoms with Crippen molar-refractivity contribution < 1.29 is 23.6 Å². The number of carbonyl (C=O) groups is 2. The van der Waals surface area contributed by atoms with Gasteiger partial charge in [-0.05, 0) is 39.0 Å². The Kier molecular flexibility index (Phi) is 7.15. The largest absolute Gasteiger partial charge is 0.489 e. The molecule has 1 amide bonds. The number of nitriles is 1. The fraction of sp³-hybridized carbons (Fsp3) is 0.400. The maximum atomic E-state index is 12.4. The molecule has 0 aliphatic heterocycles. The first-order valence-electron chi connectivity index (χ1n) is 8.81. The van der Waals surface area contributed by atoms with Gasteiger partial charge in [0.1, 0.15) is 18.1 Å². The predicted molar refractivity (Wildman–Crippen MR) is 99.5 cm³/mol. The number of nitrogens with zero attached hydrogens (tertiary/aromatic N) is 3. The highest BCUT2D eigenvalue weighted by atomic mass is 16.5. The third kappa shape index (κ3) is 5.33. The molecular formula is C20H23N3O5. The summed E-state index contributed by atoms with van der Waals surface area (Å²) in [6, 6.07) is 8.50. The summed E-state index contributed by atoms with van der Waals surface area (Å²) < 4.78 is 16.1. The lowest BCUT2D eigenvalue weighted by atomic mass is 10.2. The number of aromatic nitrogens is 1. The second-order valence-corrected chi connectivity index (χ2v) is 6.33. The molecule has 2 aromatic rings. The Balaban J connectivity index is 1.98. The van der Waals surface area contributed by atoms with Gasteiger partial charge in [0.25, 0.3) is 5.91 Å². The van der Waals surface area contributed by atoms with E-state index in [4.69, 9.17) is 19.3 Å². The summed E-state index contributed by atoms with van der Waals surface area (Å²) >= 11 is 0. The molecule has 0 aliphatic rings. The highest BCUT2D eigenvalue weighted by Gasteiger charge is 2.22. The van der Waals surface area contributed by atoms with Crippen LogP contribution in [0, 0.1) is 25.2 Å². The van der Waals surface area contributed by atoms with E-state index in [0.717, 1.165) is 11.3 Å². The predicted octanol–water partition coefficient (Wildman–Crippen LogP) is 2.79. The van der Waals surface area contributed by atoms with Gasteiger partial charge in [0.15, 0.2) is 6.10 Å². The summed E-state index contributed by atoms with van der Waals surface area (Å²) in [7, 11) is 1.56. The number of esters is 1. The van der Waals surface area contributed by atoms with Crippen LogP contribution >= 0.6 is 0 Å². The van der Waals surface area contributed by atoms with Gasteiger partial charge in [-0.2, -0.15) is 5.26 Å². The molecule has 0 saturated carbocycles. The summed E-state index contributed by atoms with van der Waals surface area (Å²) in [5.41, 5.74) is 1.88. The van der Waals surface area contributed by atoms with Crippen molar-refractivity contribution in [3.8, 4) is 11.8 Å². The average Bonchev–Trinajstić information content (AvgIpc) is 3.01. The van der Waals surface area contributed by atoms with Gasteiger partial charge >= 0.3 is 5.97 Å². The average molecular weight is 385 g/mol. The van der Waals surface area contributed by atoms with E-state index in [1.807, 2.05) is 13.0 Å². The normalized spacial score (nSPS) is 11.4. The van der Waals surface area contributed by atoms with Crippen LogP contribution in [0.2, 0.25) is 0 Å². The molecule has 148 valence electrons. The SMILES string of the molecule is Cc1noc(C)c1COc1cccc(C(=O)O[C@H](C)C(=O)N(C)CCC#N)c1. The first kappa shape index (κ1) is 21.0. The monoisotopic (exact) mass is 385 g/mol. The third-order valence-corrected chi connectivity index (χ3v) is 4.20. The number of benzene rings is 1. The highest BCUT2D eigenvalue weighted by molar-refractivity contribution is 5.92. The first-order valence-corrected chi connectivity index (χ1v) is 8.81. The number of rotatable bonds is 8. The van der Waals surface area contributed by atoms with Gasteiger partial charge in [0.2, 0.25) is 0 Å². The Hall–Kier alpha value is -3.34. The van der Waals surface area contributed by atoms with Crippen molar-refractivity contribution in [3.63, 3.8) is 0 Å². The molecule has 2 rings (SSSR count). The molecule has 0 N–H and O–H groups in total. The molecular weight excluding hydrogens is 362 g/mol. The minimum atomic E-state index is -0.955. The number of likely N-dealkylation sites (N-methyl/N-ethyl adjacent to an activating group) is 1. The molecule has 0 fully saturated rings. The van der Waals surface area contributed by atoms with Crippen LogP contribution in [0.25, 0.3) is 0 Å². The van der Waals surface area contributed by atoms with Crippen molar-refractivity contribution in [2.75, 3.05) is 13.6 Å². The van der Waals surface area contributed by atoms with E-state index in [1.54, 1.807) is 38.2 Å². The van der Waals surface area contributed by atoms with Gasteiger partial charge in [0.05, 0.1) is 29.3 Å². The van der Waals surface area contributed by atoms with Gasteiger partial charge in [-0.1, -0.05) is 11.2 Å². The molecule has 0 aliphatic carbocycles. The van der Waals surface area contributed by atoms with Crippen LogP contribution in [0.15, 0.2) is 28.8 Å². The summed E-state index contributed by atoms with van der Waals surface area (Å²) in [4.78, 5) is 25.9. The summed E-state index contributed by atoms with van der Waals surface area (Å²) in [6.45, 7) is 5.68. The van der Waals surface area contributed by atoms with E-state index in [2.05, 4.69) is 5.16 Å². The van der Waals surface area contributed by atoms with E-state index < -0.39 is 12.1 Å². The highest BCUT2D eigenvalue weighted by Crippen LogP contribution is 2.19. The van der Waals surface area contributed by atoms with Crippen molar-refractivity contribution in [3.05, 3.63) is 46.8 Å². The topological polar surface area (TPSA) is 106 Å². The van der Waals surface area contributed by atoms with Gasteiger partial charge < -0.3 is 18.9 Å². The Morgan fingerprint density at radius 2 is 2.11 bits per heavy atom. The van der Waals surface area contributed by atoms with Crippen molar-refractivity contribution >= 4 is 11.9 Å². The van der Waals surface area contributed by atoms with Crippen LogP contribution in [-0.4, -0.2) is 41.6 Å².